The normalized spacial score (nSPS) is 14.7. The molecule has 5 heteroatoms. The third kappa shape index (κ3) is 5.65. The molecule has 1 heterocycles. The molecule has 1 aromatic carbocycles. The van der Waals surface area contributed by atoms with Gasteiger partial charge in [-0.15, -0.1) is 12.4 Å². The van der Waals surface area contributed by atoms with Crippen molar-refractivity contribution in [1.82, 2.24) is 15.5 Å². The fourth-order valence-electron chi connectivity index (χ4n) is 2.65. The zero-order chi connectivity index (χ0) is 14.2. The number of carbonyl (C=O) groups is 1. The van der Waals surface area contributed by atoms with Crippen molar-refractivity contribution in [1.29, 1.82) is 0 Å². The average Bonchev–Trinajstić information content (AvgIpc) is 2.98. The molecule has 118 valence electrons. The summed E-state index contributed by atoms with van der Waals surface area (Å²) < 4.78 is 0. The number of carbonyl (C=O) groups excluding carboxylic acids is 1. The number of hydrogen-bond acceptors (Lipinski definition) is 3. The zero-order valence-corrected chi connectivity index (χ0v) is 13.5. The van der Waals surface area contributed by atoms with Gasteiger partial charge in [0.15, 0.2) is 0 Å². The summed E-state index contributed by atoms with van der Waals surface area (Å²) >= 11 is 0. The largest absolute Gasteiger partial charge is 0.351 e. The third-order valence-electron chi connectivity index (χ3n) is 3.82. The molecule has 1 aliphatic heterocycles. The van der Waals surface area contributed by atoms with Crippen molar-refractivity contribution >= 4 is 18.3 Å². The van der Waals surface area contributed by atoms with Gasteiger partial charge in [-0.3, -0.25) is 4.79 Å². The molecule has 2 N–H and O–H groups in total. The Morgan fingerprint density at radius 2 is 1.90 bits per heavy atom. The van der Waals surface area contributed by atoms with E-state index in [1.54, 1.807) is 0 Å². The van der Waals surface area contributed by atoms with Gasteiger partial charge in [0.05, 0.1) is 0 Å². The van der Waals surface area contributed by atoms with Crippen LogP contribution in [-0.4, -0.2) is 50.6 Å². The topological polar surface area (TPSA) is 44.4 Å². The molecular weight excluding hydrogens is 286 g/mol. The van der Waals surface area contributed by atoms with Gasteiger partial charge >= 0.3 is 0 Å². The van der Waals surface area contributed by atoms with Crippen LogP contribution in [0.5, 0.6) is 0 Å². The van der Waals surface area contributed by atoms with E-state index in [0.717, 1.165) is 37.2 Å². The second-order valence-corrected chi connectivity index (χ2v) is 5.32. The van der Waals surface area contributed by atoms with Crippen LogP contribution in [-0.2, 0) is 6.42 Å². The maximum absolute atomic E-state index is 12.3. The van der Waals surface area contributed by atoms with Gasteiger partial charge < -0.3 is 15.5 Å². The molecule has 1 amide bonds. The van der Waals surface area contributed by atoms with Crippen LogP contribution in [0.1, 0.15) is 28.8 Å². The number of nitrogens with one attached hydrogen (secondary N) is 2. The lowest BCUT2D eigenvalue weighted by Crippen LogP contribution is -2.34. The van der Waals surface area contributed by atoms with Crippen LogP contribution in [0.25, 0.3) is 0 Å². The molecule has 21 heavy (non-hydrogen) atoms. The Morgan fingerprint density at radius 1 is 1.19 bits per heavy atom. The summed E-state index contributed by atoms with van der Waals surface area (Å²) in [6.45, 7) is 4.94. The number of nitrogens with zero attached hydrogens (tertiary/aromatic N) is 1. The molecule has 0 radical (unpaired) electrons. The van der Waals surface area contributed by atoms with Crippen molar-refractivity contribution in [2.24, 2.45) is 0 Å². The maximum Gasteiger partial charge on any atom is 0.251 e. The van der Waals surface area contributed by atoms with Gasteiger partial charge in [-0.2, -0.15) is 0 Å². The van der Waals surface area contributed by atoms with Crippen molar-refractivity contribution in [2.75, 3.05) is 39.8 Å². The van der Waals surface area contributed by atoms with Crippen molar-refractivity contribution in [3.63, 3.8) is 0 Å². The second kappa shape index (κ2) is 9.77. The zero-order valence-electron chi connectivity index (χ0n) is 12.7. The van der Waals surface area contributed by atoms with E-state index in [-0.39, 0.29) is 18.3 Å². The Morgan fingerprint density at radius 3 is 2.62 bits per heavy atom. The first-order chi connectivity index (χ1) is 9.81. The summed E-state index contributed by atoms with van der Waals surface area (Å²) in [5.41, 5.74) is 1.92. The standard InChI is InChI=1S/C16H25N3O.ClH/c1-17-9-8-14-6-2-3-7-15(14)16(20)18-10-13-19-11-4-5-12-19;/h2-3,6-7,17H,4-5,8-13H2,1H3,(H,18,20);1H. The van der Waals surface area contributed by atoms with Gasteiger partial charge in [0, 0.05) is 18.7 Å². The molecular formula is C16H26ClN3O. The predicted molar refractivity (Wildman–Crippen MR) is 89.3 cm³/mol. The van der Waals surface area contributed by atoms with Crippen molar-refractivity contribution in [2.45, 2.75) is 19.3 Å². The summed E-state index contributed by atoms with van der Waals surface area (Å²) in [6, 6.07) is 7.87. The van der Waals surface area contributed by atoms with Gasteiger partial charge in [0.1, 0.15) is 0 Å². The number of amides is 1. The lowest BCUT2D eigenvalue weighted by Gasteiger charge is -2.15. The highest BCUT2D eigenvalue weighted by Gasteiger charge is 2.13. The molecule has 1 saturated heterocycles. The van der Waals surface area contributed by atoms with Gasteiger partial charge in [-0.1, -0.05) is 18.2 Å². The molecule has 4 nitrogen and oxygen atoms in total. The molecule has 0 bridgehead atoms. The minimum absolute atomic E-state index is 0. The Balaban J connectivity index is 0.00000220. The Bertz CT molecular complexity index is 433. The second-order valence-electron chi connectivity index (χ2n) is 5.32. The molecule has 0 aliphatic carbocycles. The summed E-state index contributed by atoms with van der Waals surface area (Å²) in [6.07, 6.45) is 3.47. The minimum atomic E-state index is 0. The van der Waals surface area contributed by atoms with Crippen molar-refractivity contribution in [3.05, 3.63) is 35.4 Å². The highest BCUT2D eigenvalue weighted by molar-refractivity contribution is 5.95. The van der Waals surface area contributed by atoms with Crippen LogP contribution < -0.4 is 10.6 Å². The first-order valence-corrected chi connectivity index (χ1v) is 7.54. The van der Waals surface area contributed by atoms with Crippen molar-refractivity contribution < 1.29 is 4.79 Å². The summed E-state index contributed by atoms with van der Waals surface area (Å²) in [7, 11) is 1.93. The van der Waals surface area contributed by atoms with E-state index >= 15 is 0 Å². The first-order valence-electron chi connectivity index (χ1n) is 7.54. The number of likely N-dealkylation sites (tertiary alicyclic amines) is 1. The summed E-state index contributed by atoms with van der Waals surface area (Å²) in [4.78, 5) is 14.7. The lowest BCUT2D eigenvalue weighted by molar-refractivity contribution is 0.0949. The SMILES string of the molecule is CNCCc1ccccc1C(=O)NCCN1CCCC1.Cl. The Kier molecular flexibility index (Phi) is 8.35. The Labute approximate surface area is 133 Å². The van der Waals surface area contributed by atoms with E-state index in [4.69, 9.17) is 0 Å². The number of rotatable bonds is 7. The van der Waals surface area contributed by atoms with Gasteiger partial charge in [-0.05, 0) is 57.6 Å². The minimum Gasteiger partial charge on any atom is -0.351 e. The third-order valence-corrected chi connectivity index (χ3v) is 3.82. The number of hydrogen-bond donors (Lipinski definition) is 2. The van der Waals surface area contributed by atoms with Crippen LogP contribution in [0.3, 0.4) is 0 Å². The smallest absolute Gasteiger partial charge is 0.251 e. The van der Waals surface area contributed by atoms with Crippen LogP contribution in [0.2, 0.25) is 0 Å². The fourth-order valence-corrected chi connectivity index (χ4v) is 2.65. The number of likely N-dealkylation sites (N-methyl/N-ethyl adjacent to an activating group) is 1. The van der Waals surface area contributed by atoms with E-state index in [0.29, 0.717) is 0 Å². The van der Waals surface area contributed by atoms with Gasteiger partial charge in [0.2, 0.25) is 0 Å². The van der Waals surface area contributed by atoms with E-state index in [2.05, 4.69) is 15.5 Å². The predicted octanol–water partition coefficient (Wildman–Crippen LogP) is 1.70. The summed E-state index contributed by atoms with van der Waals surface area (Å²) in [5.74, 6) is 0.0518. The van der Waals surface area contributed by atoms with E-state index in [9.17, 15) is 4.79 Å². The van der Waals surface area contributed by atoms with Crippen molar-refractivity contribution in [3.8, 4) is 0 Å². The van der Waals surface area contributed by atoms with Gasteiger partial charge in [-0.25, -0.2) is 0 Å². The quantitative estimate of drug-likeness (QED) is 0.805. The molecule has 0 unspecified atom stereocenters. The monoisotopic (exact) mass is 311 g/mol. The molecule has 1 aliphatic rings. The molecule has 1 aromatic rings. The van der Waals surface area contributed by atoms with E-state index in [1.165, 1.54) is 25.9 Å². The average molecular weight is 312 g/mol. The van der Waals surface area contributed by atoms with Crippen LogP contribution in [0.15, 0.2) is 24.3 Å². The first kappa shape index (κ1) is 18.0. The molecule has 2 rings (SSSR count). The Hall–Kier alpha value is -1.10. The molecule has 0 saturated carbocycles. The fraction of sp³-hybridized carbons (Fsp3) is 0.562. The highest BCUT2D eigenvalue weighted by Crippen LogP contribution is 2.09. The van der Waals surface area contributed by atoms with Crippen LogP contribution in [0, 0.1) is 0 Å². The highest BCUT2D eigenvalue weighted by atomic mass is 35.5. The maximum atomic E-state index is 12.3. The summed E-state index contributed by atoms with van der Waals surface area (Å²) in [5, 5.41) is 6.17. The molecule has 1 fully saturated rings. The van der Waals surface area contributed by atoms with Crippen LogP contribution in [0.4, 0.5) is 0 Å². The molecule has 0 spiro atoms. The van der Waals surface area contributed by atoms with E-state index in [1.807, 2.05) is 31.3 Å². The molecule has 0 atom stereocenters. The molecule has 0 aromatic heterocycles. The lowest BCUT2D eigenvalue weighted by atomic mass is 10.0. The van der Waals surface area contributed by atoms with E-state index < -0.39 is 0 Å². The number of halogens is 1. The van der Waals surface area contributed by atoms with Gasteiger partial charge in [0.25, 0.3) is 5.91 Å². The van der Waals surface area contributed by atoms with Crippen LogP contribution >= 0.6 is 12.4 Å². The number of benzene rings is 1.